The normalized spacial score (nSPS) is 9.64. The minimum Gasteiger partial charge on any atom is -0.374 e. The Morgan fingerprint density at radius 1 is 1.73 bits per heavy atom. The zero-order chi connectivity index (χ0) is 8.27. The minimum atomic E-state index is 0.792. The van der Waals surface area contributed by atoms with Crippen LogP contribution in [0, 0.1) is 0 Å². The van der Waals surface area contributed by atoms with E-state index in [1.807, 2.05) is 18.5 Å². The lowest BCUT2D eigenvalue weighted by Crippen LogP contribution is -2.14. The third-order valence-electron chi connectivity index (χ3n) is 1.64. The second-order valence-electron chi connectivity index (χ2n) is 2.34. The maximum Gasteiger partial charge on any atom is 0.160 e. The van der Waals surface area contributed by atoms with Crippen molar-refractivity contribution in [2.45, 2.75) is 6.92 Å². The molecule has 0 N–H and O–H groups in total. The van der Waals surface area contributed by atoms with Crippen molar-refractivity contribution in [3.8, 4) is 0 Å². The molecule has 11 heavy (non-hydrogen) atoms. The lowest BCUT2D eigenvalue weighted by molar-refractivity contribution is 0.112. The molecule has 0 atom stereocenters. The van der Waals surface area contributed by atoms with Crippen molar-refractivity contribution in [2.75, 3.05) is 18.5 Å². The van der Waals surface area contributed by atoms with Crippen molar-refractivity contribution in [1.82, 2.24) is 0 Å². The van der Waals surface area contributed by atoms with Crippen molar-refractivity contribution in [3.05, 3.63) is 16.3 Å². The zero-order valence-corrected chi connectivity index (χ0v) is 7.52. The Morgan fingerprint density at radius 3 is 2.91 bits per heavy atom. The summed E-state index contributed by atoms with van der Waals surface area (Å²) in [5, 5.41) is 1.99. The van der Waals surface area contributed by atoms with E-state index in [2.05, 4.69) is 11.8 Å². The predicted molar refractivity (Wildman–Crippen MR) is 48.7 cm³/mol. The Hall–Kier alpha value is -0.830. The maximum atomic E-state index is 10.3. The summed E-state index contributed by atoms with van der Waals surface area (Å²) >= 11 is 1.48. The molecular weight excluding hydrogens is 158 g/mol. The highest BCUT2D eigenvalue weighted by molar-refractivity contribution is 7.12. The van der Waals surface area contributed by atoms with Gasteiger partial charge in [-0.05, 0) is 13.0 Å². The van der Waals surface area contributed by atoms with Gasteiger partial charge in [0.1, 0.15) is 0 Å². The molecule has 0 saturated carbocycles. The summed E-state index contributed by atoms with van der Waals surface area (Å²) in [5.41, 5.74) is 1.12. The molecule has 1 rings (SSSR count). The molecule has 0 saturated heterocycles. The molecule has 3 heteroatoms. The highest BCUT2D eigenvalue weighted by Gasteiger charge is 2.00. The van der Waals surface area contributed by atoms with Crippen molar-refractivity contribution in [3.63, 3.8) is 0 Å². The quantitative estimate of drug-likeness (QED) is 0.645. The first-order valence-electron chi connectivity index (χ1n) is 3.52. The molecule has 1 aromatic heterocycles. The van der Waals surface area contributed by atoms with E-state index in [1.54, 1.807) is 0 Å². The summed E-state index contributed by atoms with van der Waals surface area (Å²) in [6.07, 6.45) is 0.887. The Kier molecular flexibility index (Phi) is 2.65. The standard InChI is InChI=1S/C8H11NOS/c1-3-9(2)7-4-8(5-10)11-6-7/h4-6H,3H2,1-2H3. The smallest absolute Gasteiger partial charge is 0.160 e. The number of anilines is 1. The van der Waals surface area contributed by atoms with Crippen LogP contribution >= 0.6 is 11.3 Å². The second-order valence-corrected chi connectivity index (χ2v) is 3.28. The van der Waals surface area contributed by atoms with E-state index >= 15 is 0 Å². The van der Waals surface area contributed by atoms with Crippen LogP contribution in [0.15, 0.2) is 11.4 Å². The molecule has 0 bridgehead atoms. The van der Waals surface area contributed by atoms with Gasteiger partial charge in [-0.3, -0.25) is 4.79 Å². The third-order valence-corrected chi connectivity index (χ3v) is 2.48. The number of hydrogen-bond donors (Lipinski definition) is 0. The molecule has 0 aliphatic rings. The molecule has 2 nitrogen and oxygen atoms in total. The van der Waals surface area contributed by atoms with Crippen molar-refractivity contribution >= 4 is 23.3 Å². The minimum absolute atomic E-state index is 0.792. The second kappa shape index (κ2) is 3.53. The van der Waals surface area contributed by atoms with Gasteiger partial charge in [0.2, 0.25) is 0 Å². The predicted octanol–water partition coefficient (Wildman–Crippen LogP) is 2.02. The van der Waals surface area contributed by atoms with Gasteiger partial charge in [-0.1, -0.05) is 0 Å². The van der Waals surface area contributed by atoms with Crippen LogP contribution in [-0.2, 0) is 0 Å². The van der Waals surface area contributed by atoms with E-state index in [0.29, 0.717) is 0 Å². The lowest BCUT2D eigenvalue weighted by Gasteiger charge is -2.13. The van der Waals surface area contributed by atoms with Crippen LogP contribution in [0.2, 0.25) is 0 Å². The Morgan fingerprint density at radius 2 is 2.45 bits per heavy atom. The van der Waals surface area contributed by atoms with Crippen LogP contribution in [0.5, 0.6) is 0 Å². The monoisotopic (exact) mass is 169 g/mol. The topological polar surface area (TPSA) is 20.3 Å². The number of carbonyl (C=O) groups is 1. The molecule has 0 fully saturated rings. The molecule has 0 unspecified atom stereocenters. The molecule has 0 amide bonds. The molecule has 60 valence electrons. The fourth-order valence-electron chi connectivity index (χ4n) is 0.787. The van der Waals surface area contributed by atoms with Gasteiger partial charge in [0.15, 0.2) is 6.29 Å². The van der Waals surface area contributed by atoms with E-state index in [9.17, 15) is 4.79 Å². The van der Waals surface area contributed by atoms with E-state index < -0.39 is 0 Å². The van der Waals surface area contributed by atoms with E-state index in [0.717, 1.165) is 23.4 Å². The molecule has 1 heterocycles. The van der Waals surface area contributed by atoms with Crippen molar-refractivity contribution < 1.29 is 4.79 Å². The number of hydrogen-bond acceptors (Lipinski definition) is 3. The van der Waals surface area contributed by atoms with E-state index in [4.69, 9.17) is 0 Å². The lowest BCUT2D eigenvalue weighted by atomic mass is 10.4. The number of rotatable bonds is 3. The van der Waals surface area contributed by atoms with Gasteiger partial charge in [0.25, 0.3) is 0 Å². The Balaban J connectivity index is 2.79. The van der Waals surface area contributed by atoms with Gasteiger partial charge >= 0.3 is 0 Å². The average molecular weight is 169 g/mol. The van der Waals surface area contributed by atoms with Crippen LogP contribution in [0.3, 0.4) is 0 Å². The van der Waals surface area contributed by atoms with Crippen LogP contribution in [0.1, 0.15) is 16.6 Å². The van der Waals surface area contributed by atoms with Gasteiger partial charge in [0, 0.05) is 24.7 Å². The maximum absolute atomic E-state index is 10.3. The van der Waals surface area contributed by atoms with Crippen LogP contribution in [-0.4, -0.2) is 19.9 Å². The van der Waals surface area contributed by atoms with Crippen molar-refractivity contribution in [1.29, 1.82) is 0 Å². The van der Waals surface area contributed by atoms with Gasteiger partial charge in [-0.2, -0.15) is 0 Å². The number of nitrogens with zero attached hydrogens (tertiary/aromatic N) is 1. The molecule has 0 aromatic carbocycles. The van der Waals surface area contributed by atoms with Crippen LogP contribution < -0.4 is 4.90 Å². The Labute approximate surface area is 70.5 Å². The molecule has 0 aliphatic carbocycles. The number of aldehydes is 1. The Bertz CT molecular complexity index is 244. The zero-order valence-electron chi connectivity index (χ0n) is 6.70. The SMILES string of the molecule is CCN(C)c1csc(C=O)c1. The van der Waals surface area contributed by atoms with Gasteiger partial charge < -0.3 is 4.90 Å². The highest BCUT2D eigenvalue weighted by Crippen LogP contribution is 2.20. The summed E-state index contributed by atoms with van der Waals surface area (Å²) in [7, 11) is 2.01. The first-order chi connectivity index (χ1) is 5.27. The largest absolute Gasteiger partial charge is 0.374 e. The first-order valence-corrected chi connectivity index (χ1v) is 4.40. The van der Waals surface area contributed by atoms with E-state index in [1.165, 1.54) is 11.3 Å². The summed E-state index contributed by atoms with van der Waals surface area (Å²) in [4.78, 5) is 13.2. The summed E-state index contributed by atoms with van der Waals surface area (Å²) in [6, 6.07) is 1.90. The van der Waals surface area contributed by atoms with Crippen LogP contribution in [0.25, 0.3) is 0 Å². The number of carbonyl (C=O) groups excluding carboxylic acids is 1. The molecular formula is C8H11NOS. The molecule has 0 spiro atoms. The van der Waals surface area contributed by atoms with Crippen LogP contribution in [0.4, 0.5) is 5.69 Å². The summed E-state index contributed by atoms with van der Waals surface area (Å²) in [6.45, 7) is 3.05. The summed E-state index contributed by atoms with van der Waals surface area (Å²) in [5.74, 6) is 0. The first kappa shape index (κ1) is 8.27. The third kappa shape index (κ3) is 1.80. The van der Waals surface area contributed by atoms with Gasteiger partial charge in [-0.15, -0.1) is 11.3 Å². The fraction of sp³-hybridized carbons (Fsp3) is 0.375. The highest BCUT2D eigenvalue weighted by atomic mass is 32.1. The van der Waals surface area contributed by atoms with Gasteiger partial charge in [-0.25, -0.2) is 0 Å². The molecule has 0 aliphatic heterocycles. The van der Waals surface area contributed by atoms with Crippen molar-refractivity contribution in [2.24, 2.45) is 0 Å². The molecule has 1 aromatic rings. The molecule has 0 radical (unpaired) electrons. The number of thiophene rings is 1. The average Bonchev–Trinajstić information content (AvgIpc) is 2.50. The summed E-state index contributed by atoms with van der Waals surface area (Å²) < 4.78 is 0. The fourth-order valence-corrected chi connectivity index (χ4v) is 1.54. The van der Waals surface area contributed by atoms with Gasteiger partial charge in [0.05, 0.1) is 4.88 Å². The van der Waals surface area contributed by atoms with E-state index in [-0.39, 0.29) is 0 Å².